The maximum absolute atomic E-state index is 5.38. The number of nitrogens with zero attached hydrogens (tertiary/aromatic N) is 3. The highest BCUT2D eigenvalue weighted by atomic mass is 16.5. The first-order valence-electron chi connectivity index (χ1n) is 5.93. The van der Waals surface area contributed by atoms with E-state index in [1.165, 1.54) is 0 Å². The predicted octanol–water partition coefficient (Wildman–Crippen LogP) is 1.45. The molecule has 6 nitrogen and oxygen atoms in total. The number of hydrogen-bond acceptors (Lipinski definition) is 5. The van der Waals surface area contributed by atoms with Crippen molar-refractivity contribution in [3.63, 3.8) is 0 Å². The summed E-state index contributed by atoms with van der Waals surface area (Å²) in [6.07, 6.45) is 0.957. The summed E-state index contributed by atoms with van der Waals surface area (Å²) in [7, 11) is 1.69. The smallest absolute Gasteiger partial charge is 0.188 e. The fourth-order valence-corrected chi connectivity index (χ4v) is 1.90. The number of benzene rings is 1. The Labute approximate surface area is 106 Å². The van der Waals surface area contributed by atoms with Crippen LogP contribution in [0.5, 0.6) is 5.75 Å². The Morgan fingerprint density at radius 2 is 2.22 bits per heavy atom. The van der Waals surface area contributed by atoms with Crippen molar-refractivity contribution >= 4 is 0 Å². The normalized spacial score (nSPS) is 12.3. The molecule has 18 heavy (non-hydrogen) atoms. The minimum Gasteiger partial charge on any atom is -0.496 e. The van der Waals surface area contributed by atoms with E-state index in [1.807, 2.05) is 18.2 Å². The van der Waals surface area contributed by atoms with Gasteiger partial charge in [-0.1, -0.05) is 30.3 Å². The molecule has 1 aromatic carbocycles. The highest BCUT2D eigenvalue weighted by Gasteiger charge is 2.14. The van der Waals surface area contributed by atoms with Gasteiger partial charge in [0.25, 0.3) is 0 Å². The van der Waals surface area contributed by atoms with Crippen molar-refractivity contribution in [2.24, 2.45) is 0 Å². The molecule has 1 heterocycles. The molecule has 1 aromatic heterocycles. The molecule has 0 aliphatic carbocycles. The molecule has 0 fully saturated rings. The van der Waals surface area contributed by atoms with Crippen LogP contribution in [0.3, 0.4) is 0 Å². The lowest BCUT2D eigenvalue weighted by Gasteiger charge is -2.19. The maximum atomic E-state index is 5.38. The summed E-state index contributed by atoms with van der Waals surface area (Å²) in [6, 6.07) is 8.22. The first-order chi connectivity index (χ1) is 8.85. The second-order valence-corrected chi connectivity index (χ2v) is 3.91. The van der Waals surface area contributed by atoms with E-state index in [4.69, 9.17) is 4.74 Å². The van der Waals surface area contributed by atoms with Gasteiger partial charge in [-0.3, -0.25) is 0 Å². The number of ether oxygens (including phenoxy) is 1. The van der Waals surface area contributed by atoms with E-state index >= 15 is 0 Å². The van der Waals surface area contributed by atoms with Crippen molar-refractivity contribution in [1.29, 1.82) is 0 Å². The van der Waals surface area contributed by atoms with Crippen LogP contribution in [0.2, 0.25) is 0 Å². The van der Waals surface area contributed by atoms with E-state index in [1.54, 1.807) is 7.11 Å². The quantitative estimate of drug-likeness (QED) is 0.808. The lowest BCUT2D eigenvalue weighted by molar-refractivity contribution is 0.396. The van der Waals surface area contributed by atoms with Crippen LogP contribution < -0.4 is 10.1 Å². The largest absolute Gasteiger partial charge is 0.496 e. The monoisotopic (exact) mass is 247 g/mol. The van der Waals surface area contributed by atoms with Crippen LogP contribution in [0.25, 0.3) is 0 Å². The molecule has 96 valence electrons. The second-order valence-electron chi connectivity index (χ2n) is 3.91. The predicted molar refractivity (Wildman–Crippen MR) is 67.0 cm³/mol. The van der Waals surface area contributed by atoms with Crippen molar-refractivity contribution in [2.45, 2.75) is 25.9 Å². The Morgan fingerprint density at radius 3 is 2.89 bits per heavy atom. The lowest BCUT2D eigenvalue weighted by Crippen LogP contribution is -2.21. The molecule has 2 rings (SSSR count). The molecular formula is C12H17N5O. The van der Waals surface area contributed by atoms with Gasteiger partial charge in [0.15, 0.2) is 5.82 Å². The van der Waals surface area contributed by atoms with Gasteiger partial charge in [0.2, 0.25) is 0 Å². The summed E-state index contributed by atoms with van der Waals surface area (Å²) in [5, 5.41) is 17.2. The van der Waals surface area contributed by atoms with Gasteiger partial charge in [-0.05, 0) is 12.5 Å². The molecule has 0 bridgehead atoms. The van der Waals surface area contributed by atoms with Crippen molar-refractivity contribution in [3.8, 4) is 5.75 Å². The topological polar surface area (TPSA) is 75.7 Å². The van der Waals surface area contributed by atoms with Crippen molar-refractivity contribution < 1.29 is 4.74 Å². The van der Waals surface area contributed by atoms with E-state index in [0.29, 0.717) is 12.4 Å². The molecule has 2 N–H and O–H groups in total. The van der Waals surface area contributed by atoms with Crippen LogP contribution >= 0.6 is 0 Å². The summed E-state index contributed by atoms with van der Waals surface area (Å²) < 4.78 is 5.38. The first-order valence-corrected chi connectivity index (χ1v) is 5.93. The van der Waals surface area contributed by atoms with Crippen LogP contribution in [0.15, 0.2) is 24.3 Å². The van der Waals surface area contributed by atoms with E-state index in [0.717, 1.165) is 17.7 Å². The van der Waals surface area contributed by atoms with Crippen LogP contribution in [0.1, 0.15) is 30.8 Å². The van der Waals surface area contributed by atoms with Crippen LogP contribution in [-0.2, 0) is 6.54 Å². The van der Waals surface area contributed by atoms with E-state index in [-0.39, 0.29) is 6.04 Å². The number of aromatic nitrogens is 4. The average molecular weight is 247 g/mol. The van der Waals surface area contributed by atoms with E-state index < -0.39 is 0 Å². The molecule has 1 atom stereocenters. The third-order valence-electron chi connectivity index (χ3n) is 2.82. The lowest BCUT2D eigenvalue weighted by atomic mass is 10.0. The summed E-state index contributed by atoms with van der Waals surface area (Å²) in [5.41, 5.74) is 1.14. The number of para-hydroxylation sites is 1. The molecule has 0 saturated heterocycles. The molecule has 6 heteroatoms. The number of hydrogen-bond donors (Lipinski definition) is 2. The Bertz CT molecular complexity index is 471. The van der Waals surface area contributed by atoms with Gasteiger partial charge in [-0.25, -0.2) is 0 Å². The zero-order chi connectivity index (χ0) is 12.8. The zero-order valence-corrected chi connectivity index (χ0v) is 10.6. The molecule has 0 radical (unpaired) electrons. The Balaban J connectivity index is 2.08. The van der Waals surface area contributed by atoms with Crippen LogP contribution in [0, 0.1) is 0 Å². The minimum atomic E-state index is 0.208. The van der Waals surface area contributed by atoms with Crippen molar-refractivity contribution in [1.82, 2.24) is 25.9 Å². The second kappa shape index (κ2) is 6.11. The summed E-state index contributed by atoms with van der Waals surface area (Å²) in [5.74, 6) is 1.55. The minimum absolute atomic E-state index is 0.208. The number of H-pyrrole nitrogens is 1. The highest BCUT2D eigenvalue weighted by molar-refractivity contribution is 5.35. The number of rotatable bonds is 6. The standard InChI is InChI=1S/C12H17N5O/c1-3-10(13-8-12-14-16-17-15-12)9-6-4-5-7-11(9)18-2/h4-7,10,13H,3,8H2,1-2H3,(H,14,15,16,17). The van der Waals surface area contributed by atoms with E-state index in [9.17, 15) is 0 Å². The van der Waals surface area contributed by atoms with Crippen LogP contribution in [-0.4, -0.2) is 27.7 Å². The van der Waals surface area contributed by atoms with Gasteiger partial charge in [0.1, 0.15) is 5.75 Å². The summed E-state index contributed by atoms with van der Waals surface area (Å²) in [4.78, 5) is 0. The molecular weight excluding hydrogens is 230 g/mol. The molecule has 0 aliphatic rings. The fraction of sp³-hybridized carbons (Fsp3) is 0.417. The molecule has 1 unspecified atom stereocenters. The van der Waals surface area contributed by atoms with Gasteiger partial charge in [0.05, 0.1) is 13.7 Å². The fourth-order valence-electron chi connectivity index (χ4n) is 1.90. The molecule has 0 spiro atoms. The van der Waals surface area contributed by atoms with Crippen molar-refractivity contribution in [3.05, 3.63) is 35.7 Å². The van der Waals surface area contributed by atoms with Gasteiger partial charge in [-0.15, -0.1) is 10.2 Å². The Kier molecular flexibility index (Phi) is 4.25. The van der Waals surface area contributed by atoms with Crippen molar-refractivity contribution in [2.75, 3.05) is 7.11 Å². The summed E-state index contributed by atoms with van der Waals surface area (Å²) in [6.45, 7) is 2.70. The third kappa shape index (κ3) is 2.84. The van der Waals surface area contributed by atoms with Gasteiger partial charge >= 0.3 is 0 Å². The maximum Gasteiger partial charge on any atom is 0.188 e. The number of methoxy groups -OCH3 is 1. The Morgan fingerprint density at radius 1 is 1.39 bits per heavy atom. The SMILES string of the molecule is CCC(NCc1nn[nH]n1)c1ccccc1OC. The average Bonchev–Trinajstić information content (AvgIpc) is 2.93. The third-order valence-corrected chi connectivity index (χ3v) is 2.82. The van der Waals surface area contributed by atoms with Gasteiger partial charge in [-0.2, -0.15) is 5.21 Å². The summed E-state index contributed by atoms with van der Waals surface area (Å²) >= 11 is 0. The number of aromatic amines is 1. The highest BCUT2D eigenvalue weighted by Crippen LogP contribution is 2.26. The first kappa shape index (κ1) is 12.5. The van der Waals surface area contributed by atoms with E-state index in [2.05, 4.69) is 38.9 Å². The molecule has 2 aromatic rings. The molecule has 0 aliphatic heterocycles. The van der Waals surface area contributed by atoms with Gasteiger partial charge < -0.3 is 10.1 Å². The number of tetrazole rings is 1. The molecule has 0 amide bonds. The number of nitrogens with one attached hydrogen (secondary N) is 2. The zero-order valence-electron chi connectivity index (χ0n) is 10.6. The molecule has 0 saturated carbocycles. The van der Waals surface area contributed by atoms with Crippen LogP contribution in [0.4, 0.5) is 0 Å². The van der Waals surface area contributed by atoms with Gasteiger partial charge in [0, 0.05) is 11.6 Å². The Hall–Kier alpha value is -1.95.